The monoisotopic (exact) mass is 580 g/mol. The molecular formula is C26H18Br2N2O4. The third kappa shape index (κ3) is 6.30. The van der Waals surface area contributed by atoms with E-state index in [0.717, 1.165) is 15.2 Å². The molecule has 0 aliphatic carbocycles. The van der Waals surface area contributed by atoms with Crippen LogP contribution in [0.1, 0.15) is 15.9 Å². The summed E-state index contributed by atoms with van der Waals surface area (Å²) in [5.74, 6) is 0.0771. The normalized spacial score (nSPS) is 10.9. The van der Waals surface area contributed by atoms with Crippen molar-refractivity contribution in [3.8, 4) is 11.5 Å². The highest BCUT2D eigenvalue weighted by Gasteiger charge is 2.12. The van der Waals surface area contributed by atoms with Crippen molar-refractivity contribution in [2.75, 3.05) is 6.61 Å². The fourth-order valence-electron chi connectivity index (χ4n) is 3.09. The Hall–Kier alpha value is -3.49. The van der Waals surface area contributed by atoms with Gasteiger partial charge in [0.25, 0.3) is 5.91 Å². The number of hydrogen-bond acceptors (Lipinski definition) is 5. The maximum atomic E-state index is 12.4. The van der Waals surface area contributed by atoms with Crippen molar-refractivity contribution in [2.45, 2.75) is 0 Å². The van der Waals surface area contributed by atoms with Gasteiger partial charge in [-0.3, -0.25) is 4.79 Å². The first-order chi connectivity index (χ1) is 16.5. The zero-order valence-corrected chi connectivity index (χ0v) is 20.9. The molecule has 4 aromatic rings. The molecular weight excluding hydrogens is 564 g/mol. The molecule has 0 saturated carbocycles. The number of rotatable bonds is 7. The zero-order chi connectivity index (χ0) is 23.9. The van der Waals surface area contributed by atoms with E-state index >= 15 is 0 Å². The molecule has 0 heterocycles. The van der Waals surface area contributed by atoms with Crippen LogP contribution in [0, 0.1) is 0 Å². The van der Waals surface area contributed by atoms with Crippen LogP contribution in [0.5, 0.6) is 11.5 Å². The highest BCUT2D eigenvalue weighted by Crippen LogP contribution is 2.24. The Morgan fingerprint density at radius 1 is 0.853 bits per heavy atom. The lowest BCUT2D eigenvalue weighted by atomic mass is 10.1. The SMILES string of the molecule is O=C(COc1ccc2cc(Br)ccc2c1)NN=Cc1cccc(OC(=O)c2ccccc2Br)c1. The molecule has 0 aromatic heterocycles. The summed E-state index contributed by atoms with van der Waals surface area (Å²) in [5, 5.41) is 6.03. The zero-order valence-electron chi connectivity index (χ0n) is 17.7. The molecule has 170 valence electrons. The molecule has 0 atom stereocenters. The Bertz CT molecular complexity index is 1390. The number of carbonyl (C=O) groups is 2. The van der Waals surface area contributed by atoms with Crippen molar-refractivity contribution in [3.05, 3.63) is 105 Å². The first-order valence-corrected chi connectivity index (χ1v) is 11.8. The topological polar surface area (TPSA) is 77.0 Å². The number of halogens is 2. The van der Waals surface area contributed by atoms with Gasteiger partial charge in [0.05, 0.1) is 11.8 Å². The number of hydrogen-bond donors (Lipinski definition) is 1. The second-order valence-corrected chi connectivity index (χ2v) is 8.95. The molecule has 0 unspecified atom stereocenters. The predicted octanol–water partition coefficient (Wildman–Crippen LogP) is 6.11. The molecule has 4 aromatic carbocycles. The van der Waals surface area contributed by atoms with Crippen molar-refractivity contribution >= 4 is 60.7 Å². The Balaban J connectivity index is 1.30. The second-order valence-electron chi connectivity index (χ2n) is 7.18. The van der Waals surface area contributed by atoms with E-state index in [1.165, 1.54) is 6.21 Å². The van der Waals surface area contributed by atoms with Gasteiger partial charge >= 0.3 is 5.97 Å². The van der Waals surface area contributed by atoms with Gasteiger partial charge in [-0.05, 0) is 80.8 Å². The lowest BCUT2D eigenvalue weighted by molar-refractivity contribution is -0.123. The molecule has 1 N–H and O–H groups in total. The average Bonchev–Trinajstić information content (AvgIpc) is 2.83. The molecule has 0 radical (unpaired) electrons. The van der Waals surface area contributed by atoms with Crippen LogP contribution in [0.3, 0.4) is 0 Å². The van der Waals surface area contributed by atoms with Crippen LogP contribution in [0.2, 0.25) is 0 Å². The van der Waals surface area contributed by atoms with E-state index in [-0.39, 0.29) is 6.61 Å². The summed E-state index contributed by atoms with van der Waals surface area (Å²) >= 11 is 6.79. The van der Waals surface area contributed by atoms with Crippen LogP contribution in [-0.4, -0.2) is 24.7 Å². The largest absolute Gasteiger partial charge is 0.484 e. The van der Waals surface area contributed by atoms with E-state index in [9.17, 15) is 9.59 Å². The third-order valence-corrected chi connectivity index (χ3v) is 5.89. The smallest absolute Gasteiger partial charge is 0.344 e. The van der Waals surface area contributed by atoms with Gasteiger partial charge < -0.3 is 9.47 Å². The van der Waals surface area contributed by atoms with Crippen LogP contribution < -0.4 is 14.9 Å². The Morgan fingerprint density at radius 2 is 1.65 bits per heavy atom. The third-order valence-electron chi connectivity index (χ3n) is 4.71. The lowest BCUT2D eigenvalue weighted by Gasteiger charge is -2.07. The molecule has 6 nitrogen and oxygen atoms in total. The summed E-state index contributed by atoms with van der Waals surface area (Å²) < 4.78 is 12.6. The van der Waals surface area contributed by atoms with Crippen LogP contribution in [-0.2, 0) is 4.79 Å². The Labute approximate surface area is 212 Å². The van der Waals surface area contributed by atoms with Gasteiger partial charge in [-0.25, -0.2) is 10.2 Å². The summed E-state index contributed by atoms with van der Waals surface area (Å²) in [6, 6.07) is 25.4. The maximum absolute atomic E-state index is 12.4. The minimum atomic E-state index is -0.478. The molecule has 34 heavy (non-hydrogen) atoms. The summed E-state index contributed by atoms with van der Waals surface area (Å²) in [6.45, 7) is -0.178. The van der Waals surface area contributed by atoms with Crippen molar-refractivity contribution in [1.29, 1.82) is 0 Å². The van der Waals surface area contributed by atoms with Crippen molar-refractivity contribution in [2.24, 2.45) is 5.10 Å². The van der Waals surface area contributed by atoms with E-state index in [2.05, 4.69) is 42.4 Å². The number of hydrazone groups is 1. The van der Waals surface area contributed by atoms with Crippen LogP contribution in [0.25, 0.3) is 10.8 Å². The molecule has 0 spiro atoms. The van der Waals surface area contributed by atoms with Gasteiger partial charge in [-0.2, -0.15) is 5.10 Å². The van der Waals surface area contributed by atoms with E-state index in [4.69, 9.17) is 9.47 Å². The van der Waals surface area contributed by atoms with Gasteiger partial charge in [-0.1, -0.05) is 52.3 Å². The highest BCUT2D eigenvalue weighted by molar-refractivity contribution is 9.10. The predicted molar refractivity (Wildman–Crippen MR) is 138 cm³/mol. The molecule has 0 saturated heterocycles. The van der Waals surface area contributed by atoms with Crippen molar-refractivity contribution in [1.82, 2.24) is 5.43 Å². The summed E-state index contributed by atoms with van der Waals surface area (Å²) in [5.41, 5.74) is 3.50. The fraction of sp³-hybridized carbons (Fsp3) is 0.0385. The van der Waals surface area contributed by atoms with E-state index in [0.29, 0.717) is 27.1 Å². The van der Waals surface area contributed by atoms with Crippen LogP contribution >= 0.6 is 31.9 Å². The molecule has 0 aliphatic rings. The van der Waals surface area contributed by atoms with Gasteiger partial charge in [0.15, 0.2) is 6.61 Å². The number of nitrogens with one attached hydrogen (secondary N) is 1. The van der Waals surface area contributed by atoms with E-state index in [1.54, 1.807) is 42.5 Å². The Morgan fingerprint density at radius 3 is 2.50 bits per heavy atom. The number of esters is 1. The molecule has 4 rings (SSSR count). The van der Waals surface area contributed by atoms with Crippen molar-refractivity contribution < 1.29 is 19.1 Å². The number of nitrogens with zero attached hydrogens (tertiary/aromatic N) is 1. The molecule has 8 heteroatoms. The molecule has 1 amide bonds. The van der Waals surface area contributed by atoms with Gasteiger partial charge in [-0.15, -0.1) is 0 Å². The number of benzene rings is 4. The Kier molecular flexibility index (Phi) is 7.72. The van der Waals surface area contributed by atoms with Crippen LogP contribution in [0.15, 0.2) is 99.0 Å². The van der Waals surface area contributed by atoms with Gasteiger partial charge in [0.2, 0.25) is 0 Å². The molecule has 0 bridgehead atoms. The minimum Gasteiger partial charge on any atom is -0.484 e. The summed E-state index contributed by atoms with van der Waals surface area (Å²) in [4.78, 5) is 24.5. The number of ether oxygens (including phenoxy) is 2. The van der Waals surface area contributed by atoms with E-state index < -0.39 is 11.9 Å². The number of amides is 1. The molecule has 0 aliphatic heterocycles. The summed E-state index contributed by atoms with van der Waals surface area (Å²) in [7, 11) is 0. The standard InChI is InChI=1S/C26H18Br2N2O4/c27-20-10-8-19-14-21(11-9-18(19)13-20)33-16-25(31)30-29-15-17-4-3-5-22(12-17)34-26(32)23-6-1-2-7-24(23)28/h1-15H,16H2,(H,30,31). The van der Waals surface area contributed by atoms with E-state index in [1.807, 2.05) is 42.5 Å². The second kappa shape index (κ2) is 11.1. The van der Waals surface area contributed by atoms with Crippen molar-refractivity contribution in [3.63, 3.8) is 0 Å². The quantitative estimate of drug-likeness (QED) is 0.124. The summed E-state index contributed by atoms with van der Waals surface area (Å²) in [6.07, 6.45) is 1.46. The first kappa shape index (κ1) is 23.7. The fourth-order valence-corrected chi connectivity index (χ4v) is 3.92. The lowest BCUT2D eigenvalue weighted by Crippen LogP contribution is -2.24. The highest BCUT2D eigenvalue weighted by atomic mass is 79.9. The number of carbonyl (C=O) groups excluding carboxylic acids is 2. The van der Waals surface area contributed by atoms with Gasteiger partial charge in [0, 0.05) is 8.95 Å². The minimum absolute atomic E-state index is 0.178. The first-order valence-electron chi connectivity index (χ1n) is 10.2. The average molecular weight is 582 g/mol. The maximum Gasteiger partial charge on any atom is 0.344 e. The van der Waals surface area contributed by atoms with Crippen LogP contribution in [0.4, 0.5) is 0 Å². The molecule has 0 fully saturated rings. The number of fused-ring (bicyclic) bond motifs is 1. The van der Waals surface area contributed by atoms with Gasteiger partial charge in [0.1, 0.15) is 11.5 Å².